The molecule has 0 fully saturated rings. The SMILES string of the molecule is CC(C)c1cc(C(C)C)c(N2C(=O)c3cccc(C(N)=O)c3C2=O)c(C(C)C)c1. The van der Waals surface area contributed by atoms with Crippen molar-refractivity contribution in [1.82, 2.24) is 0 Å². The lowest BCUT2D eigenvalue weighted by Gasteiger charge is -2.27. The number of imide groups is 1. The molecule has 0 atom stereocenters. The third-order valence-electron chi connectivity index (χ3n) is 5.51. The zero-order chi connectivity index (χ0) is 21.6. The number of nitrogens with zero attached hydrogens (tertiary/aromatic N) is 1. The van der Waals surface area contributed by atoms with Crippen LogP contribution in [0.25, 0.3) is 0 Å². The number of amides is 3. The molecule has 0 radical (unpaired) electrons. The first-order valence-corrected chi connectivity index (χ1v) is 10.1. The summed E-state index contributed by atoms with van der Waals surface area (Å²) in [6.45, 7) is 12.5. The molecule has 0 aliphatic carbocycles. The van der Waals surface area contributed by atoms with Gasteiger partial charge in [0.05, 0.1) is 22.4 Å². The molecule has 0 aromatic heterocycles. The van der Waals surface area contributed by atoms with Crippen molar-refractivity contribution in [3.8, 4) is 0 Å². The zero-order valence-corrected chi connectivity index (χ0v) is 17.9. The number of hydrogen-bond acceptors (Lipinski definition) is 3. The van der Waals surface area contributed by atoms with Crippen LogP contribution in [0.1, 0.15) is 107 Å². The maximum absolute atomic E-state index is 13.4. The fourth-order valence-corrected chi connectivity index (χ4v) is 3.87. The molecular weight excluding hydrogens is 364 g/mol. The van der Waals surface area contributed by atoms with Crippen LogP contribution < -0.4 is 10.6 Å². The minimum atomic E-state index is -0.715. The van der Waals surface area contributed by atoms with E-state index in [4.69, 9.17) is 5.73 Å². The van der Waals surface area contributed by atoms with Gasteiger partial charge in [0.2, 0.25) is 5.91 Å². The first-order chi connectivity index (χ1) is 13.6. The van der Waals surface area contributed by atoms with Crippen molar-refractivity contribution >= 4 is 23.4 Å². The summed E-state index contributed by atoms with van der Waals surface area (Å²) in [6.07, 6.45) is 0. The van der Waals surface area contributed by atoms with E-state index in [9.17, 15) is 14.4 Å². The Kier molecular flexibility index (Phi) is 5.35. The van der Waals surface area contributed by atoms with E-state index >= 15 is 0 Å². The van der Waals surface area contributed by atoms with Gasteiger partial charge in [0.15, 0.2) is 0 Å². The second kappa shape index (κ2) is 7.47. The Morgan fingerprint density at radius 2 is 1.41 bits per heavy atom. The number of nitrogens with two attached hydrogens (primary N) is 1. The number of anilines is 1. The van der Waals surface area contributed by atoms with Gasteiger partial charge in [0, 0.05) is 0 Å². The van der Waals surface area contributed by atoms with Crippen molar-refractivity contribution in [2.75, 3.05) is 4.90 Å². The molecule has 0 spiro atoms. The quantitative estimate of drug-likeness (QED) is 0.731. The predicted octanol–water partition coefficient (Wildman–Crippen LogP) is 4.96. The molecule has 5 nitrogen and oxygen atoms in total. The van der Waals surface area contributed by atoms with Gasteiger partial charge < -0.3 is 5.73 Å². The van der Waals surface area contributed by atoms with Crippen LogP contribution in [0, 0.1) is 0 Å². The fourth-order valence-electron chi connectivity index (χ4n) is 3.87. The van der Waals surface area contributed by atoms with E-state index in [2.05, 4.69) is 53.7 Å². The molecule has 0 unspecified atom stereocenters. The molecule has 3 rings (SSSR count). The summed E-state index contributed by atoms with van der Waals surface area (Å²) in [5, 5.41) is 0. The maximum atomic E-state index is 13.4. The van der Waals surface area contributed by atoms with Crippen molar-refractivity contribution in [2.24, 2.45) is 5.73 Å². The summed E-state index contributed by atoms with van der Waals surface area (Å²) >= 11 is 0. The number of primary amides is 1. The largest absolute Gasteiger partial charge is 0.366 e. The van der Waals surface area contributed by atoms with E-state index in [1.807, 2.05) is 0 Å². The highest BCUT2D eigenvalue weighted by Gasteiger charge is 2.41. The van der Waals surface area contributed by atoms with E-state index < -0.39 is 17.7 Å². The average Bonchev–Trinajstić information content (AvgIpc) is 2.90. The second-order valence-electron chi connectivity index (χ2n) is 8.55. The summed E-state index contributed by atoms with van der Waals surface area (Å²) in [4.78, 5) is 39.8. The number of rotatable bonds is 5. The Bertz CT molecular complexity index is 990. The fraction of sp³-hybridized carbons (Fsp3) is 0.375. The van der Waals surface area contributed by atoms with Crippen molar-refractivity contribution in [1.29, 1.82) is 0 Å². The highest BCUT2D eigenvalue weighted by Crippen LogP contribution is 2.41. The molecule has 1 heterocycles. The molecule has 1 aliphatic rings. The number of carbonyl (C=O) groups is 3. The molecule has 0 saturated heterocycles. The van der Waals surface area contributed by atoms with Gasteiger partial charge in [-0.15, -0.1) is 0 Å². The summed E-state index contributed by atoms with van der Waals surface area (Å²) in [6, 6.07) is 8.84. The van der Waals surface area contributed by atoms with E-state index in [1.165, 1.54) is 16.5 Å². The predicted molar refractivity (Wildman–Crippen MR) is 115 cm³/mol. The van der Waals surface area contributed by atoms with Crippen LogP contribution in [-0.2, 0) is 0 Å². The minimum absolute atomic E-state index is 0.0827. The summed E-state index contributed by atoms with van der Waals surface area (Å²) in [5.41, 5.74) is 9.60. The molecule has 0 bridgehead atoms. The van der Waals surface area contributed by atoms with Gasteiger partial charge in [0.1, 0.15) is 0 Å². The maximum Gasteiger partial charge on any atom is 0.266 e. The highest BCUT2D eigenvalue weighted by atomic mass is 16.2. The van der Waals surface area contributed by atoms with E-state index in [0.29, 0.717) is 11.6 Å². The van der Waals surface area contributed by atoms with Crippen LogP contribution in [0.4, 0.5) is 5.69 Å². The average molecular weight is 392 g/mol. The summed E-state index contributed by atoms with van der Waals surface area (Å²) in [7, 11) is 0. The number of fused-ring (bicyclic) bond motifs is 1. The van der Waals surface area contributed by atoms with Crippen LogP contribution in [-0.4, -0.2) is 17.7 Å². The van der Waals surface area contributed by atoms with Gasteiger partial charge in [-0.3, -0.25) is 14.4 Å². The summed E-state index contributed by atoms with van der Waals surface area (Å²) in [5.74, 6) is -1.06. The molecular formula is C24H28N2O3. The normalized spacial score (nSPS) is 13.8. The molecule has 1 aliphatic heterocycles. The first-order valence-electron chi connectivity index (χ1n) is 10.1. The van der Waals surface area contributed by atoms with Crippen LogP contribution in [0.15, 0.2) is 30.3 Å². The topological polar surface area (TPSA) is 80.5 Å². The van der Waals surface area contributed by atoms with E-state index in [0.717, 1.165) is 11.1 Å². The molecule has 152 valence electrons. The number of hydrogen-bond donors (Lipinski definition) is 1. The molecule has 0 saturated carbocycles. The Morgan fingerprint density at radius 3 is 1.86 bits per heavy atom. The molecule has 5 heteroatoms. The lowest BCUT2D eigenvalue weighted by Crippen LogP contribution is -2.32. The molecule has 3 amide bonds. The van der Waals surface area contributed by atoms with Crippen molar-refractivity contribution in [3.05, 3.63) is 63.7 Å². The smallest absolute Gasteiger partial charge is 0.266 e. The lowest BCUT2D eigenvalue weighted by molar-refractivity contribution is 0.0918. The summed E-state index contributed by atoms with van der Waals surface area (Å²) < 4.78 is 0. The van der Waals surface area contributed by atoms with E-state index in [1.54, 1.807) is 12.1 Å². The zero-order valence-electron chi connectivity index (χ0n) is 17.9. The van der Waals surface area contributed by atoms with Crippen LogP contribution in [0.2, 0.25) is 0 Å². The van der Waals surface area contributed by atoms with Gasteiger partial charge >= 0.3 is 0 Å². The molecule has 29 heavy (non-hydrogen) atoms. The first kappa shape index (κ1) is 20.8. The van der Waals surface area contributed by atoms with Gasteiger partial charge in [0.25, 0.3) is 11.8 Å². The monoisotopic (exact) mass is 392 g/mol. The lowest BCUT2D eigenvalue weighted by atomic mass is 9.87. The van der Waals surface area contributed by atoms with Crippen molar-refractivity contribution < 1.29 is 14.4 Å². The van der Waals surface area contributed by atoms with Crippen LogP contribution in [0.5, 0.6) is 0 Å². The molecule has 2 N–H and O–H groups in total. The Balaban J connectivity index is 2.31. The molecule has 2 aromatic rings. The van der Waals surface area contributed by atoms with Crippen molar-refractivity contribution in [2.45, 2.75) is 59.3 Å². The number of carbonyl (C=O) groups excluding carboxylic acids is 3. The van der Waals surface area contributed by atoms with E-state index in [-0.39, 0.29) is 28.5 Å². The van der Waals surface area contributed by atoms with Gasteiger partial charge in [-0.1, -0.05) is 59.7 Å². The van der Waals surface area contributed by atoms with Crippen LogP contribution in [0.3, 0.4) is 0 Å². The Morgan fingerprint density at radius 1 is 0.862 bits per heavy atom. The highest BCUT2D eigenvalue weighted by molar-refractivity contribution is 6.36. The van der Waals surface area contributed by atoms with Gasteiger partial charge in [-0.25, -0.2) is 4.90 Å². The third kappa shape index (κ3) is 3.35. The van der Waals surface area contributed by atoms with Gasteiger partial charge in [-0.2, -0.15) is 0 Å². The minimum Gasteiger partial charge on any atom is -0.366 e. The molecule has 2 aromatic carbocycles. The van der Waals surface area contributed by atoms with Crippen LogP contribution >= 0.6 is 0 Å². The third-order valence-corrected chi connectivity index (χ3v) is 5.51. The Hall–Kier alpha value is -2.95. The van der Waals surface area contributed by atoms with Gasteiger partial charge in [-0.05, 0) is 46.6 Å². The number of benzene rings is 2. The standard InChI is InChI=1S/C24H28N2O3/c1-12(2)15-10-18(13(3)4)21(19(11-15)14(5)6)26-23(28)17-9-7-8-16(22(25)27)20(17)24(26)29/h7-14H,1-6H3,(H2,25,27). The van der Waals surface area contributed by atoms with Crippen molar-refractivity contribution in [3.63, 3.8) is 0 Å². The Labute approximate surface area is 171 Å². The second-order valence-corrected chi connectivity index (χ2v) is 8.55.